The average Bonchev–Trinajstić information content (AvgIpc) is 2.99. The van der Waals surface area contributed by atoms with Crippen LogP contribution in [0.2, 0.25) is 0 Å². The molecule has 4 nitrogen and oxygen atoms in total. The summed E-state index contributed by atoms with van der Waals surface area (Å²) >= 11 is 0. The Bertz CT molecular complexity index is 260. The van der Waals surface area contributed by atoms with E-state index in [1.54, 1.807) is 0 Å². The van der Waals surface area contributed by atoms with Gasteiger partial charge in [0.2, 0.25) is 5.91 Å². The number of carbonyl (C=O) groups is 2. The van der Waals surface area contributed by atoms with Crippen LogP contribution < -0.4 is 5.32 Å². The largest absolute Gasteiger partial charge is 0.481 e. The lowest BCUT2D eigenvalue weighted by molar-refractivity contribution is -0.140. The molecule has 0 saturated heterocycles. The fourth-order valence-electron chi connectivity index (χ4n) is 1.69. The standard InChI is InChI=1S/C10H15NO3/c12-9(7-5-8(7)10(13)14)11-4-3-6-1-2-6/h6-8H,1-5H2,(H,11,12)(H,13,14)/t7-,8+/m1/s1. The molecule has 2 aliphatic carbocycles. The van der Waals surface area contributed by atoms with Gasteiger partial charge in [0.15, 0.2) is 0 Å². The van der Waals surface area contributed by atoms with Gasteiger partial charge >= 0.3 is 5.97 Å². The lowest BCUT2D eigenvalue weighted by Gasteiger charge is -2.02. The zero-order valence-corrected chi connectivity index (χ0v) is 8.03. The van der Waals surface area contributed by atoms with Gasteiger partial charge in [-0.05, 0) is 18.8 Å². The third kappa shape index (κ3) is 2.25. The highest BCUT2D eigenvalue weighted by Gasteiger charge is 2.48. The molecule has 0 radical (unpaired) electrons. The summed E-state index contributed by atoms with van der Waals surface area (Å²) in [4.78, 5) is 21.8. The van der Waals surface area contributed by atoms with Gasteiger partial charge in [0.25, 0.3) is 0 Å². The maximum Gasteiger partial charge on any atom is 0.307 e. The summed E-state index contributed by atoms with van der Waals surface area (Å²) in [6.07, 6.45) is 4.15. The SMILES string of the molecule is O=C(O)[C@H]1C[C@H]1C(=O)NCCC1CC1. The molecule has 2 atom stereocenters. The van der Waals surface area contributed by atoms with E-state index in [4.69, 9.17) is 5.11 Å². The van der Waals surface area contributed by atoms with Gasteiger partial charge in [-0.1, -0.05) is 12.8 Å². The van der Waals surface area contributed by atoms with Crippen LogP contribution in [0.5, 0.6) is 0 Å². The third-order valence-electron chi connectivity index (χ3n) is 2.99. The molecule has 0 spiro atoms. The number of amides is 1. The van der Waals surface area contributed by atoms with Crippen molar-refractivity contribution in [3.8, 4) is 0 Å². The first-order valence-corrected chi connectivity index (χ1v) is 5.19. The van der Waals surface area contributed by atoms with Gasteiger partial charge in [0.05, 0.1) is 11.8 Å². The first kappa shape index (κ1) is 9.49. The molecule has 2 fully saturated rings. The van der Waals surface area contributed by atoms with Crippen molar-refractivity contribution in [2.24, 2.45) is 17.8 Å². The van der Waals surface area contributed by atoms with Gasteiger partial charge in [0.1, 0.15) is 0 Å². The van der Waals surface area contributed by atoms with E-state index < -0.39 is 11.9 Å². The zero-order chi connectivity index (χ0) is 10.1. The molecule has 78 valence electrons. The molecule has 2 rings (SSSR count). The maximum atomic E-state index is 11.3. The van der Waals surface area contributed by atoms with Crippen LogP contribution in [0.4, 0.5) is 0 Å². The minimum absolute atomic E-state index is 0.0712. The highest BCUT2D eigenvalue weighted by atomic mass is 16.4. The molecule has 4 heteroatoms. The summed E-state index contributed by atoms with van der Waals surface area (Å²) in [6.45, 7) is 0.715. The van der Waals surface area contributed by atoms with Crippen molar-refractivity contribution in [1.29, 1.82) is 0 Å². The summed E-state index contributed by atoms with van der Waals surface area (Å²) in [5.41, 5.74) is 0. The van der Waals surface area contributed by atoms with E-state index in [0.29, 0.717) is 13.0 Å². The molecular weight excluding hydrogens is 182 g/mol. The fourth-order valence-corrected chi connectivity index (χ4v) is 1.69. The van der Waals surface area contributed by atoms with Gasteiger partial charge in [-0.25, -0.2) is 0 Å². The Morgan fingerprint density at radius 3 is 2.50 bits per heavy atom. The van der Waals surface area contributed by atoms with Crippen molar-refractivity contribution < 1.29 is 14.7 Å². The van der Waals surface area contributed by atoms with Crippen LogP contribution in [-0.4, -0.2) is 23.5 Å². The molecule has 0 aromatic rings. The van der Waals surface area contributed by atoms with Crippen LogP contribution in [0.3, 0.4) is 0 Å². The molecule has 2 saturated carbocycles. The smallest absolute Gasteiger partial charge is 0.307 e. The van der Waals surface area contributed by atoms with Crippen molar-refractivity contribution in [1.82, 2.24) is 5.32 Å². The number of nitrogens with one attached hydrogen (secondary N) is 1. The number of carboxylic acid groups (broad SMARTS) is 1. The number of hydrogen-bond acceptors (Lipinski definition) is 2. The number of carboxylic acids is 1. The van der Waals surface area contributed by atoms with E-state index in [1.807, 2.05) is 0 Å². The molecular formula is C10H15NO3. The minimum atomic E-state index is -0.840. The Balaban J connectivity index is 1.61. The van der Waals surface area contributed by atoms with Crippen LogP contribution >= 0.6 is 0 Å². The van der Waals surface area contributed by atoms with Gasteiger partial charge in [-0.3, -0.25) is 9.59 Å². The van der Waals surface area contributed by atoms with E-state index in [2.05, 4.69) is 5.32 Å². The molecule has 1 amide bonds. The van der Waals surface area contributed by atoms with E-state index in [0.717, 1.165) is 12.3 Å². The summed E-state index contributed by atoms with van der Waals surface area (Å²) in [6, 6.07) is 0. The lowest BCUT2D eigenvalue weighted by atomic mass is 10.2. The number of hydrogen-bond donors (Lipinski definition) is 2. The third-order valence-corrected chi connectivity index (χ3v) is 2.99. The van der Waals surface area contributed by atoms with Crippen molar-refractivity contribution in [3.05, 3.63) is 0 Å². The summed E-state index contributed by atoms with van der Waals surface area (Å²) in [5, 5.41) is 11.4. The first-order chi connectivity index (χ1) is 6.68. The van der Waals surface area contributed by atoms with E-state index in [1.165, 1.54) is 12.8 Å². The van der Waals surface area contributed by atoms with E-state index in [-0.39, 0.29) is 11.8 Å². The summed E-state index contributed by atoms with van der Waals surface area (Å²) in [7, 11) is 0. The van der Waals surface area contributed by atoms with Gasteiger partial charge in [0, 0.05) is 6.54 Å². The predicted octanol–water partition coefficient (Wildman–Crippen LogP) is 0.623. The molecule has 2 aliphatic rings. The number of rotatable bonds is 5. The molecule has 0 heterocycles. The molecule has 0 aliphatic heterocycles. The molecule has 0 bridgehead atoms. The van der Waals surface area contributed by atoms with Gasteiger partial charge in [-0.2, -0.15) is 0 Å². The predicted molar refractivity (Wildman–Crippen MR) is 49.6 cm³/mol. The first-order valence-electron chi connectivity index (χ1n) is 5.19. The minimum Gasteiger partial charge on any atom is -0.481 e. The van der Waals surface area contributed by atoms with Gasteiger partial charge in [-0.15, -0.1) is 0 Å². The second-order valence-electron chi connectivity index (χ2n) is 4.31. The summed E-state index contributed by atoms with van der Waals surface area (Å²) < 4.78 is 0. The molecule has 0 aromatic carbocycles. The van der Waals surface area contributed by atoms with E-state index >= 15 is 0 Å². The Labute approximate surface area is 82.7 Å². The Kier molecular flexibility index (Phi) is 2.44. The quantitative estimate of drug-likeness (QED) is 0.679. The Hall–Kier alpha value is -1.06. The summed E-state index contributed by atoms with van der Waals surface area (Å²) in [5.74, 6) is -0.780. The van der Waals surface area contributed by atoms with Crippen LogP contribution in [0, 0.1) is 17.8 Å². The molecule has 0 aromatic heterocycles. The van der Waals surface area contributed by atoms with Crippen molar-refractivity contribution >= 4 is 11.9 Å². The lowest BCUT2D eigenvalue weighted by Crippen LogP contribution is -2.27. The number of carbonyl (C=O) groups excluding carboxylic acids is 1. The van der Waals surface area contributed by atoms with Crippen molar-refractivity contribution in [3.63, 3.8) is 0 Å². The molecule has 14 heavy (non-hydrogen) atoms. The van der Waals surface area contributed by atoms with Crippen LogP contribution in [0.15, 0.2) is 0 Å². The number of aliphatic carboxylic acids is 1. The highest BCUT2D eigenvalue weighted by molar-refractivity contribution is 5.89. The zero-order valence-electron chi connectivity index (χ0n) is 8.03. The Morgan fingerprint density at radius 2 is 2.00 bits per heavy atom. The Morgan fingerprint density at radius 1 is 1.29 bits per heavy atom. The maximum absolute atomic E-state index is 11.3. The molecule has 0 unspecified atom stereocenters. The van der Waals surface area contributed by atoms with Crippen LogP contribution in [0.1, 0.15) is 25.7 Å². The normalized spacial score (nSPS) is 29.7. The molecule has 2 N–H and O–H groups in total. The van der Waals surface area contributed by atoms with Crippen LogP contribution in [0.25, 0.3) is 0 Å². The fraction of sp³-hybridized carbons (Fsp3) is 0.800. The topological polar surface area (TPSA) is 66.4 Å². The second kappa shape index (κ2) is 3.59. The van der Waals surface area contributed by atoms with Gasteiger partial charge < -0.3 is 10.4 Å². The van der Waals surface area contributed by atoms with E-state index in [9.17, 15) is 9.59 Å². The second-order valence-corrected chi connectivity index (χ2v) is 4.31. The van der Waals surface area contributed by atoms with Crippen LogP contribution in [-0.2, 0) is 9.59 Å². The average molecular weight is 197 g/mol. The van der Waals surface area contributed by atoms with Crippen molar-refractivity contribution in [2.45, 2.75) is 25.7 Å². The highest BCUT2D eigenvalue weighted by Crippen LogP contribution is 2.38. The monoisotopic (exact) mass is 197 g/mol. The van der Waals surface area contributed by atoms with Crippen molar-refractivity contribution in [2.75, 3.05) is 6.54 Å².